The highest BCUT2D eigenvalue weighted by Gasteiger charge is 2.31. The lowest BCUT2D eigenvalue weighted by Crippen LogP contribution is -2.55. The van der Waals surface area contributed by atoms with Gasteiger partial charge in [0.25, 0.3) is 0 Å². The van der Waals surface area contributed by atoms with Crippen molar-refractivity contribution < 1.29 is 9.59 Å². The smallest absolute Gasteiger partial charge is 0.242 e. The van der Waals surface area contributed by atoms with E-state index in [2.05, 4.69) is 5.32 Å². The maximum Gasteiger partial charge on any atom is 0.242 e. The van der Waals surface area contributed by atoms with Gasteiger partial charge >= 0.3 is 0 Å². The molecule has 0 aromatic heterocycles. The summed E-state index contributed by atoms with van der Waals surface area (Å²) in [6, 6.07) is -0.852. The second-order valence-corrected chi connectivity index (χ2v) is 3.57. The molecule has 14 heavy (non-hydrogen) atoms. The average Bonchev–Trinajstić information content (AvgIpc) is 2.20. The van der Waals surface area contributed by atoms with Gasteiger partial charge in [0.05, 0.1) is 6.04 Å². The first-order valence-corrected chi connectivity index (χ1v) is 4.85. The molecule has 1 aliphatic rings. The van der Waals surface area contributed by atoms with Crippen LogP contribution in [0.1, 0.15) is 19.8 Å². The number of likely N-dealkylation sites (N-methyl/N-ethyl adjacent to an activating group) is 1. The molecule has 0 saturated carbocycles. The highest BCUT2D eigenvalue weighted by molar-refractivity contribution is 5.89. The summed E-state index contributed by atoms with van der Waals surface area (Å²) in [5.74, 6) is -0.264. The zero-order valence-corrected chi connectivity index (χ0v) is 8.62. The summed E-state index contributed by atoms with van der Waals surface area (Å²) in [5.41, 5.74) is 5.63. The first-order chi connectivity index (χ1) is 6.57. The molecule has 1 saturated heterocycles. The minimum Gasteiger partial charge on any atom is -0.357 e. The van der Waals surface area contributed by atoms with Crippen molar-refractivity contribution in [3.05, 3.63) is 0 Å². The fourth-order valence-electron chi connectivity index (χ4n) is 1.66. The van der Waals surface area contributed by atoms with Crippen LogP contribution in [0.5, 0.6) is 0 Å². The van der Waals surface area contributed by atoms with Crippen LogP contribution in [0.2, 0.25) is 0 Å². The molecule has 1 heterocycles. The summed E-state index contributed by atoms with van der Waals surface area (Å²) in [5, 5.41) is 2.52. The average molecular weight is 199 g/mol. The van der Waals surface area contributed by atoms with Crippen molar-refractivity contribution in [1.29, 1.82) is 0 Å². The van der Waals surface area contributed by atoms with E-state index in [1.807, 2.05) is 0 Å². The first kappa shape index (κ1) is 11.0. The van der Waals surface area contributed by atoms with E-state index < -0.39 is 12.1 Å². The van der Waals surface area contributed by atoms with Gasteiger partial charge in [-0.15, -0.1) is 0 Å². The number of amides is 2. The van der Waals surface area contributed by atoms with E-state index in [4.69, 9.17) is 5.73 Å². The number of rotatable bonds is 2. The van der Waals surface area contributed by atoms with Crippen molar-refractivity contribution in [2.75, 3.05) is 13.6 Å². The fourth-order valence-corrected chi connectivity index (χ4v) is 1.66. The lowest BCUT2D eigenvalue weighted by atomic mass is 10.0. The molecule has 0 aliphatic carbocycles. The molecule has 2 amide bonds. The van der Waals surface area contributed by atoms with Crippen LogP contribution in [0.4, 0.5) is 0 Å². The van der Waals surface area contributed by atoms with Crippen LogP contribution in [-0.4, -0.2) is 42.4 Å². The number of carbonyl (C=O) groups excluding carboxylic acids is 2. The largest absolute Gasteiger partial charge is 0.357 e. The lowest BCUT2D eigenvalue weighted by Gasteiger charge is -2.34. The molecular formula is C9H17N3O2. The Morgan fingerprint density at radius 1 is 1.71 bits per heavy atom. The Morgan fingerprint density at radius 3 is 2.93 bits per heavy atom. The molecule has 5 heteroatoms. The fraction of sp³-hybridized carbons (Fsp3) is 0.778. The summed E-state index contributed by atoms with van der Waals surface area (Å²) in [7, 11) is 1.56. The van der Waals surface area contributed by atoms with E-state index in [0.717, 1.165) is 12.8 Å². The molecule has 2 atom stereocenters. The monoisotopic (exact) mass is 199 g/mol. The van der Waals surface area contributed by atoms with Crippen LogP contribution in [0.25, 0.3) is 0 Å². The summed E-state index contributed by atoms with van der Waals surface area (Å²) in [6.45, 7) is 2.34. The minimum absolute atomic E-state index is 0.118. The number of piperidine rings is 1. The number of hydrogen-bond donors (Lipinski definition) is 2. The van der Waals surface area contributed by atoms with Gasteiger partial charge in [-0.2, -0.15) is 0 Å². The van der Waals surface area contributed by atoms with Crippen LogP contribution in [0.3, 0.4) is 0 Å². The molecule has 0 aromatic rings. The van der Waals surface area contributed by atoms with Gasteiger partial charge in [0.2, 0.25) is 11.8 Å². The minimum atomic E-state index is -0.434. The third-order valence-electron chi connectivity index (χ3n) is 2.61. The van der Waals surface area contributed by atoms with Crippen molar-refractivity contribution in [1.82, 2.24) is 10.2 Å². The molecule has 0 bridgehead atoms. The molecule has 5 nitrogen and oxygen atoms in total. The van der Waals surface area contributed by atoms with Crippen molar-refractivity contribution in [2.45, 2.75) is 31.8 Å². The quantitative estimate of drug-likeness (QED) is 0.603. The second kappa shape index (κ2) is 4.41. The first-order valence-electron chi connectivity index (χ1n) is 4.85. The van der Waals surface area contributed by atoms with Gasteiger partial charge in [-0.25, -0.2) is 0 Å². The highest BCUT2D eigenvalue weighted by Crippen LogP contribution is 2.13. The number of nitrogens with two attached hydrogens (primary N) is 1. The predicted octanol–water partition coefficient (Wildman–Crippen LogP) is -0.929. The van der Waals surface area contributed by atoms with E-state index in [-0.39, 0.29) is 11.8 Å². The highest BCUT2D eigenvalue weighted by atomic mass is 16.2. The van der Waals surface area contributed by atoms with Crippen LogP contribution < -0.4 is 11.1 Å². The third-order valence-corrected chi connectivity index (χ3v) is 2.61. The Balaban J connectivity index is 2.66. The standard InChI is InChI=1S/C9H17N3O2/c1-6(8(13)11-2)12-5-3-4-7(10)9(12)14/h6-7H,3-5,10H2,1-2H3,(H,11,13)/t6-,7+/m0/s1. The topological polar surface area (TPSA) is 75.4 Å². The number of carbonyl (C=O) groups is 2. The SMILES string of the molecule is CNC(=O)[C@H](C)N1CCC[C@@H](N)C1=O. The number of nitrogens with zero attached hydrogens (tertiary/aromatic N) is 1. The van der Waals surface area contributed by atoms with Crippen molar-refractivity contribution in [3.8, 4) is 0 Å². The third kappa shape index (κ3) is 2.04. The zero-order chi connectivity index (χ0) is 10.7. The van der Waals surface area contributed by atoms with E-state index in [9.17, 15) is 9.59 Å². The molecule has 0 spiro atoms. The van der Waals surface area contributed by atoms with Gasteiger partial charge in [0.15, 0.2) is 0 Å². The van der Waals surface area contributed by atoms with Gasteiger partial charge in [-0.05, 0) is 19.8 Å². The number of likely N-dealkylation sites (tertiary alicyclic amines) is 1. The number of nitrogens with one attached hydrogen (secondary N) is 1. The summed E-state index contributed by atoms with van der Waals surface area (Å²) in [6.07, 6.45) is 1.59. The second-order valence-electron chi connectivity index (χ2n) is 3.57. The Bertz CT molecular complexity index is 242. The molecule has 0 radical (unpaired) electrons. The van der Waals surface area contributed by atoms with E-state index in [1.165, 1.54) is 0 Å². The van der Waals surface area contributed by atoms with Crippen molar-refractivity contribution in [2.24, 2.45) is 5.73 Å². The molecule has 0 unspecified atom stereocenters. The van der Waals surface area contributed by atoms with Crippen molar-refractivity contribution in [3.63, 3.8) is 0 Å². The Morgan fingerprint density at radius 2 is 2.36 bits per heavy atom. The van der Waals surface area contributed by atoms with Crippen LogP contribution >= 0.6 is 0 Å². The molecule has 1 aliphatic heterocycles. The van der Waals surface area contributed by atoms with E-state index >= 15 is 0 Å². The summed E-state index contributed by atoms with van der Waals surface area (Å²) in [4.78, 5) is 24.5. The molecule has 80 valence electrons. The predicted molar refractivity (Wildman–Crippen MR) is 52.5 cm³/mol. The number of hydrogen-bond acceptors (Lipinski definition) is 3. The summed E-state index contributed by atoms with van der Waals surface area (Å²) < 4.78 is 0. The Labute approximate surface area is 83.6 Å². The summed E-state index contributed by atoms with van der Waals surface area (Å²) >= 11 is 0. The molecule has 1 fully saturated rings. The molecule has 3 N–H and O–H groups in total. The van der Waals surface area contributed by atoms with Crippen LogP contribution in [0, 0.1) is 0 Å². The maximum atomic E-state index is 11.6. The van der Waals surface area contributed by atoms with Crippen LogP contribution in [0.15, 0.2) is 0 Å². The normalized spacial score (nSPS) is 24.6. The van der Waals surface area contributed by atoms with E-state index in [1.54, 1.807) is 18.9 Å². The molecular weight excluding hydrogens is 182 g/mol. The Kier molecular flexibility index (Phi) is 3.46. The van der Waals surface area contributed by atoms with Gasteiger partial charge in [-0.3, -0.25) is 9.59 Å². The van der Waals surface area contributed by atoms with Crippen LogP contribution in [-0.2, 0) is 9.59 Å². The molecule has 1 rings (SSSR count). The maximum absolute atomic E-state index is 11.6. The van der Waals surface area contributed by atoms with Gasteiger partial charge in [-0.1, -0.05) is 0 Å². The Hall–Kier alpha value is -1.10. The van der Waals surface area contributed by atoms with Gasteiger partial charge < -0.3 is 16.0 Å². The lowest BCUT2D eigenvalue weighted by molar-refractivity contribution is -0.142. The van der Waals surface area contributed by atoms with Crippen molar-refractivity contribution >= 4 is 11.8 Å². The van der Waals surface area contributed by atoms with Gasteiger partial charge in [0, 0.05) is 13.6 Å². The zero-order valence-electron chi connectivity index (χ0n) is 8.62. The van der Waals surface area contributed by atoms with Gasteiger partial charge in [0.1, 0.15) is 6.04 Å². The van der Waals surface area contributed by atoms with E-state index in [0.29, 0.717) is 6.54 Å². The molecule has 0 aromatic carbocycles.